The zero-order valence-electron chi connectivity index (χ0n) is 7.85. The summed E-state index contributed by atoms with van der Waals surface area (Å²) in [6, 6.07) is 9.16. The lowest BCUT2D eigenvalue weighted by Crippen LogP contribution is -1.90. The number of anilines is 1. The summed E-state index contributed by atoms with van der Waals surface area (Å²) in [6.07, 6.45) is 1.48. The first-order valence-electron chi connectivity index (χ1n) is 4.39. The Bertz CT molecular complexity index is 456. The Morgan fingerprint density at radius 3 is 2.73 bits per heavy atom. The lowest BCUT2D eigenvalue weighted by molar-refractivity contribution is 0.458. The van der Waals surface area contributed by atoms with Crippen molar-refractivity contribution in [1.29, 1.82) is 0 Å². The van der Waals surface area contributed by atoms with Gasteiger partial charge in [-0.05, 0) is 18.2 Å². The van der Waals surface area contributed by atoms with Crippen molar-refractivity contribution in [2.24, 2.45) is 0 Å². The van der Waals surface area contributed by atoms with Gasteiger partial charge in [0.1, 0.15) is 11.6 Å². The molecule has 0 bridgehead atoms. The lowest BCUT2D eigenvalue weighted by atomic mass is 10.3. The summed E-state index contributed by atoms with van der Waals surface area (Å²) in [5.41, 5.74) is 6.02. The fraction of sp³-hybridized carbons (Fsp3) is 0. The summed E-state index contributed by atoms with van der Waals surface area (Å²) < 4.78 is 18.1. The molecule has 1 aromatic heterocycles. The Labute approximate surface area is 86.3 Å². The molecular formula is C11H9FN2O. The molecule has 2 N–H and O–H groups in total. The first-order chi connectivity index (χ1) is 7.24. The molecule has 0 amide bonds. The molecule has 0 aliphatic heterocycles. The van der Waals surface area contributed by atoms with Crippen molar-refractivity contribution in [2.45, 2.75) is 0 Å². The molecule has 1 heterocycles. The molecule has 15 heavy (non-hydrogen) atoms. The van der Waals surface area contributed by atoms with Crippen molar-refractivity contribution in [3.8, 4) is 11.6 Å². The van der Waals surface area contributed by atoms with Gasteiger partial charge in [-0.25, -0.2) is 9.37 Å². The van der Waals surface area contributed by atoms with Crippen LogP contribution in [0.1, 0.15) is 0 Å². The standard InChI is InChI=1S/C11H9FN2O/c12-8-2-1-3-10(6-8)15-11-5-4-9(13)7-14-11/h1-7H,13H2. The number of nitrogens with zero attached hydrogens (tertiary/aromatic N) is 1. The number of nitrogen functional groups attached to an aromatic ring is 1. The van der Waals surface area contributed by atoms with Crippen LogP contribution in [0.15, 0.2) is 42.6 Å². The van der Waals surface area contributed by atoms with Crippen LogP contribution in [0.4, 0.5) is 10.1 Å². The monoisotopic (exact) mass is 204 g/mol. The van der Waals surface area contributed by atoms with Crippen molar-refractivity contribution in [3.05, 3.63) is 48.4 Å². The van der Waals surface area contributed by atoms with Gasteiger partial charge in [-0.15, -0.1) is 0 Å². The number of hydrogen-bond donors (Lipinski definition) is 1. The SMILES string of the molecule is Nc1ccc(Oc2cccc(F)c2)nc1. The summed E-state index contributed by atoms with van der Waals surface area (Å²) in [6.45, 7) is 0. The first-order valence-corrected chi connectivity index (χ1v) is 4.39. The average molecular weight is 204 g/mol. The van der Waals surface area contributed by atoms with Crippen molar-refractivity contribution < 1.29 is 9.13 Å². The molecule has 0 aliphatic carbocycles. The van der Waals surface area contributed by atoms with Crippen LogP contribution in [-0.4, -0.2) is 4.98 Å². The van der Waals surface area contributed by atoms with Crippen LogP contribution in [0.2, 0.25) is 0 Å². The minimum Gasteiger partial charge on any atom is -0.439 e. The number of ether oxygens (including phenoxy) is 1. The third-order valence-electron chi connectivity index (χ3n) is 1.78. The summed E-state index contributed by atoms with van der Waals surface area (Å²) >= 11 is 0. The fourth-order valence-electron chi connectivity index (χ4n) is 1.10. The zero-order valence-corrected chi connectivity index (χ0v) is 7.85. The van der Waals surface area contributed by atoms with Gasteiger partial charge in [-0.1, -0.05) is 6.07 Å². The second-order valence-corrected chi connectivity index (χ2v) is 2.99. The minimum atomic E-state index is -0.344. The van der Waals surface area contributed by atoms with Crippen molar-refractivity contribution in [1.82, 2.24) is 4.98 Å². The maximum absolute atomic E-state index is 12.8. The van der Waals surface area contributed by atoms with Gasteiger partial charge in [0.25, 0.3) is 0 Å². The highest BCUT2D eigenvalue weighted by atomic mass is 19.1. The molecule has 0 radical (unpaired) electrons. The van der Waals surface area contributed by atoms with Gasteiger partial charge in [0, 0.05) is 12.1 Å². The van der Waals surface area contributed by atoms with Gasteiger partial charge in [0.2, 0.25) is 5.88 Å². The van der Waals surface area contributed by atoms with Gasteiger partial charge in [0.15, 0.2) is 0 Å². The molecule has 4 heteroatoms. The van der Waals surface area contributed by atoms with E-state index in [4.69, 9.17) is 10.5 Å². The quantitative estimate of drug-likeness (QED) is 0.817. The molecule has 1 aromatic carbocycles. The van der Waals surface area contributed by atoms with Gasteiger partial charge in [-0.2, -0.15) is 0 Å². The molecule has 3 nitrogen and oxygen atoms in total. The van der Waals surface area contributed by atoms with Crippen LogP contribution in [0.3, 0.4) is 0 Å². The number of pyridine rings is 1. The Morgan fingerprint density at radius 2 is 2.07 bits per heavy atom. The Hall–Kier alpha value is -2.10. The van der Waals surface area contributed by atoms with Crippen molar-refractivity contribution >= 4 is 5.69 Å². The third kappa shape index (κ3) is 2.43. The van der Waals surface area contributed by atoms with Gasteiger partial charge in [0.05, 0.1) is 11.9 Å². The van der Waals surface area contributed by atoms with Crippen molar-refractivity contribution in [3.63, 3.8) is 0 Å². The van der Waals surface area contributed by atoms with E-state index in [1.807, 2.05) is 0 Å². The summed E-state index contributed by atoms with van der Waals surface area (Å²) in [5.74, 6) is 0.449. The third-order valence-corrected chi connectivity index (χ3v) is 1.78. The maximum atomic E-state index is 12.8. The maximum Gasteiger partial charge on any atom is 0.219 e. The normalized spacial score (nSPS) is 9.93. The van der Waals surface area contributed by atoms with E-state index < -0.39 is 0 Å². The zero-order chi connectivity index (χ0) is 10.7. The number of aromatic nitrogens is 1. The molecule has 2 rings (SSSR count). The molecule has 2 aromatic rings. The highest BCUT2D eigenvalue weighted by Gasteiger charge is 1.99. The summed E-state index contributed by atoms with van der Waals surface area (Å²) in [7, 11) is 0. The molecule has 0 aliphatic rings. The second kappa shape index (κ2) is 3.96. The second-order valence-electron chi connectivity index (χ2n) is 2.99. The number of nitrogens with two attached hydrogens (primary N) is 1. The van der Waals surface area contributed by atoms with Crippen molar-refractivity contribution in [2.75, 3.05) is 5.73 Å². The van der Waals surface area contributed by atoms with Crippen LogP contribution in [0.25, 0.3) is 0 Å². The number of hydrogen-bond acceptors (Lipinski definition) is 3. The van der Waals surface area contributed by atoms with Gasteiger partial charge in [-0.3, -0.25) is 0 Å². The smallest absolute Gasteiger partial charge is 0.219 e. The minimum absolute atomic E-state index is 0.344. The van der Waals surface area contributed by atoms with E-state index in [1.54, 1.807) is 24.3 Å². The van der Waals surface area contributed by atoms with Gasteiger partial charge < -0.3 is 10.5 Å². The molecule has 0 fully saturated rings. The van der Waals surface area contributed by atoms with E-state index in [9.17, 15) is 4.39 Å². The topological polar surface area (TPSA) is 48.1 Å². The lowest BCUT2D eigenvalue weighted by Gasteiger charge is -2.04. The Kier molecular flexibility index (Phi) is 2.49. The molecule has 0 saturated carbocycles. The summed E-state index contributed by atoms with van der Waals surface area (Å²) in [5, 5.41) is 0. The average Bonchev–Trinajstić information content (AvgIpc) is 2.22. The molecular weight excluding hydrogens is 195 g/mol. The Balaban J connectivity index is 2.18. The van der Waals surface area contributed by atoms with E-state index in [2.05, 4.69) is 4.98 Å². The fourth-order valence-corrected chi connectivity index (χ4v) is 1.10. The van der Waals surface area contributed by atoms with E-state index in [-0.39, 0.29) is 5.82 Å². The molecule has 76 valence electrons. The van der Waals surface area contributed by atoms with Crippen LogP contribution in [0, 0.1) is 5.82 Å². The Morgan fingerprint density at radius 1 is 1.20 bits per heavy atom. The van der Waals surface area contributed by atoms with E-state index >= 15 is 0 Å². The highest BCUT2D eigenvalue weighted by Crippen LogP contribution is 2.20. The summed E-state index contributed by atoms with van der Waals surface area (Å²) in [4.78, 5) is 3.93. The number of benzene rings is 1. The van der Waals surface area contributed by atoms with E-state index in [1.165, 1.54) is 18.3 Å². The molecule has 0 spiro atoms. The molecule has 0 atom stereocenters. The van der Waals surface area contributed by atoms with E-state index in [0.29, 0.717) is 17.3 Å². The predicted octanol–water partition coefficient (Wildman–Crippen LogP) is 2.60. The van der Waals surface area contributed by atoms with Crippen LogP contribution in [0.5, 0.6) is 11.6 Å². The van der Waals surface area contributed by atoms with Crippen LogP contribution >= 0.6 is 0 Å². The number of halogens is 1. The molecule has 0 unspecified atom stereocenters. The largest absolute Gasteiger partial charge is 0.439 e. The number of rotatable bonds is 2. The van der Waals surface area contributed by atoms with Crippen LogP contribution in [-0.2, 0) is 0 Å². The van der Waals surface area contributed by atoms with Gasteiger partial charge >= 0.3 is 0 Å². The van der Waals surface area contributed by atoms with E-state index in [0.717, 1.165) is 0 Å². The van der Waals surface area contributed by atoms with Crippen LogP contribution < -0.4 is 10.5 Å². The highest BCUT2D eigenvalue weighted by molar-refractivity contribution is 5.37. The predicted molar refractivity (Wildman–Crippen MR) is 55.1 cm³/mol. The molecule has 0 saturated heterocycles. The first kappa shape index (κ1) is 9.45.